The normalized spacial score (nSPS) is 24.1. The summed E-state index contributed by atoms with van der Waals surface area (Å²) in [5.41, 5.74) is 0.152. The molecule has 22 heavy (non-hydrogen) atoms. The van der Waals surface area contributed by atoms with Crippen molar-refractivity contribution in [2.24, 2.45) is 0 Å². The third-order valence-electron chi connectivity index (χ3n) is 4.64. The topological polar surface area (TPSA) is 82.8 Å². The number of pyridine rings is 1. The zero-order valence-corrected chi connectivity index (χ0v) is 13.3. The van der Waals surface area contributed by atoms with E-state index in [0.717, 1.165) is 12.8 Å². The van der Waals surface area contributed by atoms with Crippen molar-refractivity contribution in [3.8, 4) is 5.75 Å². The molecule has 6 heteroatoms. The molecule has 3 atom stereocenters. The maximum Gasteiger partial charge on any atom is 0.326 e. The molecule has 3 unspecified atom stereocenters. The number of hydrogen-bond acceptors (Lipinski definition) is 4. The number of likely N-dealkylation sites (tertiary alicyclic amines) is 1. The highest BCUT2D eigenvalue weighted by Crippen LogP contribution is 2.25. The van der Waals surface area contributed by atoms with Crippen molar-refractivity contribution >= 4 is 5.97 Å². The lowest BCUT2D eigenvalue weighted by atomic mass is 9.97. The van der Waals surface area contributed by atoms with Gasteiger partial charge in [0, 0.05) is 30.4 Å². The Morgan fingerprint density at radius 2 is 1.95 bits per heavy atom. The van der Waals surface area contributed by atoms with Gasteiger partial charge >= 0.3 is 5.97 Å². The van der Waals surface area contributed by atoms with Crippen molar-refractivity contribution in [3.05, 3.63) is 28.2 Å². The Morgan fingerprint density at radius 3 is 2.50 bits per heavy atom. The van der Waals surface area contributed by atoms with Crippen LogP contribution in [-0.4, -0.2) is 37.7 Å². The molecule has 2 rings (SSSR count). The fraction of sp³-hybridized carbons (Fsp3) is 0.625. The van der Waals surface area contributed by atoms with E-state index >= 15 is 0 Å². The Balaban J connectivity index is 2.38. The van der Waals surface area contributed by atoms with E-state index < -0.39 is 23.2 Å². The molecule has 0 saturated carbocycles. The van der Waals surface area contributed by atoms with Crippen LogP contribution in [0.5, 0.6) is 5.75 Å². The minimum atomic E-state index is -0.996. The van der Waals surface area contributed by atoms with Crippen molar-refractivity contribution in [2.75, 3.05) is 0 Å². The molecule has 1 fully saturated rings. The van der Waals surface area contributed by atoms with E-state index in [-0.39, 0.29) is 0 Å². The van der Waals surface area contributed by atoms with Crippen molar-refractivity contribution in [1.82, 2.24) is 9.47 Å². The molecule has 0 aromatic carbocycles. The lowest BCUT2D eigenvalue weighted by Crippen LogP contribution is -2.43. The summed E-state index contributed by atoms with van der Waals surface area (Å²) in [6.45, 7) is 6.35. The molecule has 0 radical (unpaired) electrons. The number of rotatable bonds is 4. The Bertz CT molecular complexity index is 601. The molecule has 2 N–H and O–H groups in total. The molecule has 1 aromatic rings. The van der Waals surface area contributed by atoms with E-state index in [2.05, 4.69) is 18.7 Å². The average molecular weight is 308 g/mol. The summed E-state index contributed by atoms with van der Waals surface area (Å²) in [5, 5.41) is 18.9. The number of carboxylic acids is 1. The van der Waals surface area contributed by atoms with Crippen LogP contribution >= 0.6 is 0 Å². The molecule has 0 amide bonds. The van der Waals surface area contributed by atoms with Crippen LogP contribution in [0, 0.1) is 0 Å². The fourth-order valence-electron chi connectivity index (χ4n) is 3.16. The van der Waals surface area contributed by atoms with Crippen molar-refractivity contribution in [3.63, 3.8) is 0 Å². The van der Waals surface area contributed by atoms with Gasteiger partial charge in [-0.05, 0) is 33.6 Å². The number of nitrogens with zero attached hydrogens (tertiary/aromatic N) is 2. The van der Waals surface area contributed by atoms with E-state index in [1.165, 1.54) is 23.3 Å². The molecular formula is C16H24N2O4. The third kappa shape index (κ3) is 3.32. The van der Waals surface area contributed by atoms with Crippen LogP contribution in [-0.2, 0) is 11.3 Å². The predicted octanol–water partition coefficient (Wildman–Crippen LogP) is 1.96. The highest BCUT2D eigenvalue weighted by atomic mass is 16.4. The van der Waals surface area contributed by atoms with Gasteiger partial charge in [0.2, 0.25) is 5.43 Å². The van der Waals surface area contributed by atoms with Gasteiger partial charge in [0.05, 0.1) is 6.20 Å². The summed E-state index contributed by atoms with van der Waals surface area (Å²) in [5.74, 6) is -1.42. The maximum atomic E-state index is 11.8. The monoisotopic (exact) mass is 308 g/mol. The smallest absolute Gasteiger partial charge is 0.326 e. The first kappa shape index (κ1) is 16.5. The number of hydrogen-bond donors (Lipinski definition) is 2. The van der Waals surface area contributed by atoms with Gasteiger partial charge in [0.15, 0.2) is 5.75 Å². The number of piperidine rings is 1. The van der Waals surface area contributed by atoms with E-state index in [1.807, 2.05) is 0 Å². The summed E-state index contributed by atoms with van der Waals surface area (Å²) in [4.78, 5) is 25.3. The van der Waals surface area contributed by atoms with E-state index in [9.17, 15) is 19.8 Å². The summed E-state index contributed by atoms with van der Waals surface area (Å²) < 4.78 is 1.48. The molecule has 0 spiro atoms. The van der Waals surface area contributed by atoms with Crippen LogP contribution in [0.1, 0.15) is 51.8 Å². The first-order chi connectivity index (χ1) is 10.3. The van der Waals surface area contributed by atoms with Crippen LogP contribution in [0.3, 0.4) is 0 Å². The number of carboxylic acid groups (broad SMARTS) is 1. The standard InChI is InChI=1S/C16H24N2O4/c1-10-5-4-6-11(2)17(10)8-13-7-14(19)15(20)9-18(13)12(3)16(21)22/h7,9-12,20H,4-6,8H2,1-3H3,(H,21,22). The molecule has 2 heterocycles. The van der Waals surface area contributed by atoms with Gasteiger partial charge in [-0.1, -0.05) is 6.42 Å². The third-order valence-corrected chi connectivity index (χ3v) is 4.64. The van der Waals surface area contributed by atoms with Gasteiger partial charge in [-0.15, -0.1) is 0 Å². The van der Waals surface area contributed by atoms with E-state index in [4.69, 9.17) is 0 Å². The molecule has 0 bridgehead atoms. The zero-order chi connectivity index (χ0) is 16.4. The highest BCUT2D eigenvalue weighted by molar-refractivity contribution is 5.71. The Labute approximate surface area is 130 Å². The van der Waals surface area contributed by atoms with Gasteiger partial charge < -0.3 is 14.8 Å². The zero-order valence-electron chi connectivity index (χ0n) is 13.3. The lowest BCUT2D eigenvalue weighted by Gasteiger charge is -2.39. The SMILES string of the molecule is CC1CCCC(C)N1Cc1cc(=O)c(O)cn1C(C)C(=O)O. The summed E-state index contributed by atoms with van der Waals surface area (Å²) >= 11 is 0. The average Bonchev–Trinajstić information content (AvgIpc) is 2.45. The van der Waals surface area contributed by atoms with Gasteiger partial charge in [-0.3, -0.25) is 9.69 Å². The quantitative estimate of drug-likeness (QED) is 0.888. The summed E-state index contributed by atoms with van der Waals surface area (Å²) in [6.07, 6.45) is 4.62. The molecular weight excluding hydrogens is 284 g/mol. The Morgan fingerprint density at radius 1 is 1.36 bits per heavy atom. The maximum absolute atomic E-state index is 11.8. The van der Waals surface area contributed by atoms with Crippen molar-refractivity contribution in [2.45, 2.75) is 64.7 Å². The molecule has 1 aliphatic rings. The highest BCUT2D eigenvalue weighted by Gasteiger charge is 2.26. The van der Waals surface area contributed by atoms with Crippen LogP contribution in [0.25, 0.3) is 0 Å². The molecule has 0 aliphatic carbocycles. The lowest BCUT2D eigenvalue weighted by molar-refractivity contribution is -0.140. The van der Waals surface area contributed by atoms with Crippen LogP contribution in [0.4, 0.5) is 0 Å². The molecule has 122 valence electrons. The molecule has 1 aromatic heterocycles. The van der Waals surface area contributed by atoms with Gasteiger partial charge in [-0.2, -0.15) is 0 Å². The van der Waals surface area contributed by atoms with Crippen LogP contribution < -0.4 is 5.43 Å². The second-order valence-electron chi connectivity index (χ2n) is 6.24. The van der Waals surface area contributed by atoms with Crippen molar-refractivity contribution < 1.29 is 15.0 Å². The Hall–Kier alpha value is -1.82. The second-order valence-corrected chi connectivity index (χ2v) is 6.24. The van der Waals surface area contributed by atoms with Crippen LogP contribution in [0.2, 0.25) is 0 Å². The first-order valence-corrected chi connectivity index (χ1v) is 7.73. The first-order valence-electron chi connectivity index (χ1n) is 7.73. The minimum Gasteiger partial charge on any atom is -0.503 e. The number of aromatic hydroxyl groups is 1. The predicted molar refractivity (Wildman–Crippen MR) is 83.0 cm³/mol. The molecule has 6 nitrogen and oxygen atoms in total. The number of aromatic nitrogens is 1. The summed E-state index contributed by atoms with van der Waals surface area (Å²) in [6, 6.07) is 1.29. The van der Waals surface area contributed by atoms with Crippen LogP contribution in [0.15, 0.2) is 17.1 Å². The minimum absolute atomic E-state index is 0.390. The molecule has 1 aliphatic heterocycles. The van der Waals surface area contributed by atoms with Gasteiger partial charge in [-0.25, -0.2) is 4.79 Å². The second kappa shape index (κ2) is 6.52. The van der Waals surface area contributed by atoms with E-state index in [1.54, 1.807) is 6.92 Å². The van der Waals surface area contributed by atoms with Gasteiger partial charge in [0.25, 0.3) is 0 Å². The Kier molecular flexibility index (Phi) is 4.90. The number of carbonyl (C=O) groups is 1. The molecule has 1 saturated heterocycles. The van der Waals surface area contributed by atoms with E-state index in [0.29, 0.717) is 24.3 Å². The number of aliphatic carboxylic acids is 1. The largest absolute Gasteiger partial charge is 0.503 e. The summed E-state index contributed by atoms with van der Waals surface area (Å²) in [7, 11) is 0. The van der Waals surface area contributed by atoms with Crippen molar-refractivity contribution in [1.29, 1.82) is 0 Å². The fourth-order valence-corrected chi connectivity index (χ4v) is 3.16. The van der Waals surface area contributed by atoms with Gasteiger partial charge in [0.1, 0.15) is 6.04 Å².